The Balaban J connectivity index is 1.09. The molecule has 276 valence electrons. The molecule has 0 bridgehead atoms. The predicted molar refractivity (Wildman–Crippen MR) is 243 cm³/mol. The lowest BCUT2D eigenvalue weighted by Crippen LogP contribution is -2.12. The second-order valence-electron chi connectivity index (χ2n) is 15.6. The molecular formula is C55H35N3O. The summed E-state index contributed by atoms with van der Waals surface area (Å²) in [6, 6.07) is 58.1. The van der Waals surface area contributed by atoms with Gasteiger partial charge in [-0.2, -0.15) is 0 Å². The number of fused-ring (bicyclic) bond motifs is 8. The van der Waals surface area contributed by atoms with E-state index in [2.05, 4.69) is 200 Å². The second-order valence-corrected chi connectivity index (χ2v) is 15.6. The fourth-order valence-corrected chi connectivity index (χ4v) is 8.98. The van der Waals surface area contributed by atoms with Crippen LogP contribution in [0.1, 0.15) is 17.2 Å². The average Bonchev–Trinajstić information content (AvgIpc) is 3.70. The van der Waals surface area contributed by atoms with E-state index < -0.39 is 0 Å². The number of rotatable bonds is 5. The van der Waals surface area contributed by atoms with Gasteiger partial charge < -0.3 is 4.42 Å². The van der Waals surface area contributed by atoms with Gasteiger partial charge in [0.25, 0.3) is 0 Å². The quantitative estimate of drug-likeness (QED) is 0.176. The number of allylic oxidation sites excluding steroid dienone is 5. The monoisotopic (exact) mass is 753 g/mol. The highest BCUT2D eigenvalue weighted by atomic mass is 16.3. The summed E-state index contributed by atoms with van der Waals surface area (Å²) >= 11 is 0. The molecule has 2 aliphatic carbocycles. The Morgan fingerprint density at radius 1 is 0.390 bits per heavy atom. The van der Waals surface area contributed by atoms with Crippen molar-refractivity contribution >= 4 is 49.4 Å². The molecule has 0 saturated carbocycles. The first-order valence-electron chi connectivity index (χ1n) is 20.2. The van der Waals surface area contributed by atoms with E-state index in [9.17, 15) is 0 Å². The van der Waals surface area contributed by atoms with Crippen molar-refractivity contribution in [2.45, 2.75) is 5.92 Å². The van der Waals surface area contributed by atoms with Crippen LogP contribution in [0.2, 0.25) is 0 Å². The van der Waals surface area contributed by atoms with Gasteiger partial charge in [0.05, 0.1) is 5.56 Å². The number of aromatic nitrogens is 3. The van der Waals surface area contributed by atoms with Crippen molar-refractivity contribution in [3.05, 3.63) is 205 Å². The van der Waals surface area contributed by atoms with Gasteiger partial charge in [0.15, 0.2) is 17.5 Å². The Morgan fingerprint density at radius 2 is 0.915 bits per heavy atom. The average molecular weight is 754 g/mol. The van der Waals surface area contributed by atoms with Gasteiger partial charge in [0.2, 0.25) is 0 Å². The summed E-state index contributed by atoms with van der Waals surface area (Å²) in [6.45, 7) is 0. The lowest BCUT2D eigenvalue weighted by molar-refractivity contribution is 0.578. The van der Waals surface area contributed by atoms with Crippen LogP contribution in [0, 0.1) is 5.92 Å². The van der Waals surface area contributed by atoms with Crippen molar-refractivity contribution in [3.63, 3.8) is 0 Å². The minimum absolute atomic E-state index is 0.169. The molecule has 59 heavy (non-hydrogen) atoms. The van der Waals surface area contributed by atoms with Gasteiger partial charge in [0, 0.05) is 33.9 Å². The molecule has 0 aliphatic heterocycles. The van der Waals surface area contributed by atoms with Crippen LogP contribution < -0.4 is 0 Å². The zero-order valence-electron chi connectivity index (χ0n) is 32.0. The first-order chi connectivity index (χ1) is 29.2. The van der Waals surface area contributed by atoms with E-state index >= 15 is 0 Å². The molecule has 0 radical (unpaired) electrons. The van der Waals surface area contributed by atoms with Crippen molar-refractivity contribution in [1.82, 2.24) is 15.0 Å². The molecule has 2 unspecified atom stereocenters. The van der Waals surface area contributed by atoms with Crippen LogP contribution >= 0.6 is 0 Å². The molecule has 0 saturated heterocycles. The van der Waals surface area contributed by atoms with E-state index in [1.54, 1.807) is 0 Å². The lowest BCUT2D eigenvalue weighted by Gasteiger charge is -2.24. The van der Waals surface area contributed by atoms with Gasteiger partial charge in [-0.3, -0.25) is 0 Å². The van der Waals surface area contributed by atoms with Crippen LogP contribution in [0.3, 0.4) is 0 Å². The fourth-order valence-electron chi connectivity index (χ4n) is 8.98. The van der Waals surface area contributed by atoms with Crippen molar-refractivity contribution in [2.75, 3.05) is 0 Å². The van der Waals surface area contributed by atoms with E-state index in [1.807, 2.05) is 0 Å². The molecule has 2 atom stereocenters. The van der Waals surface area contributed by atoms with Gasteiger partial charge in [-0.25, -0.2) is 15.0 Å². The highest BCUT2D eigenvalue weighted by Crippen LogP contribution is 2.47. The standard InChI is InChI=1S/C55H35N3O/c1-2-10-34(11-3-1)40-21-22-42-31-45(25-23-41(42)29-40)54-56-53(44-24-19-36-13-5-7-16-39(36)30-44)57-55(58-54)49-33-46(43-20-18-35-12-4-6-15-38(35)28-43)32-48-51-47-17-9-8-14-37(47)26-27-50(51)59-52(48)49/h1-33,37,47H. The first kappa shape index (κ1) is 33.4. The molecule has 2 aromatic heterocycles. The SMILES string of the molecule is C1=CC2C=Cc3oc4c(-c5nc(-c6ccc7ccccc7c6)nc(-c6ccc7cc(-c8ccccc8)ccc7c6)n5)cc(-c5ccc6ccccc6c5)cc4c3C2C=C1. The fraction of sp³-hybridized carbons (Fsp3) is 0.0364. The number of hydrogen-bond donors (Lipinski definition) is 0. The van der Waals surface area contributed by atoms with Crippen LogP contribution in [-0.4, -0.2) is 15.0 Å². The Kier molecular flexibility index (Phi) is 7.63. The van der Waals surface area contributed by atoms with E-state index in [-0.39, 0.29) is 11.8 Å². The van der Waals surface area contributed by atoms with Gasteiger partial charge in [0.1, 0.15) is 11.3 Å². The van der Waals surface area contributed by atoms with E-state index in [0.29, 0.717) is 17.5 Å². The van der Waals surface area contributed by atoms with Gasteiger partial charge in [-0.15, -0.1) is 0 Å². The van der Waals surface area contributed by atoms with Gasteiger partial charge in [-0.1, -0.05) is 158 Å². The van der Waals surface area contributed by atoms with Crippen molar-refractivity contribution in [1.29, 1.82) is 0 Å². The van der Waals surface area contributed by atoms with Gasteiger partial charge in [-0.05, 0) is 97.0 Å². The maximum Gasteiger partial charge on any atom is 0.167 e. The van der Waals surface area contributed by atoms with Crippen molar-refractivity contribution in [3.8, 4) is 56.4 Å². The third kappa shape index (κ3) is 5.80. The maximum absolute atomic E-state index is 6.90. The zero-order valence-corrected chi connectivity index (χ0v) is 32.0. The maximum atomic E-state index is 6.90. The molecule has 0 spiro atoms. The number of benzene rings is 8. The molecule has 2 aliphatic rings. The van der Waals surface area contributed by atoms with E-state index in [0.717, 1.165) is 60.7 Å². The van der Waals surface area contributed by atoms with Crippen molar-refractivity contribution < 1.29 is 4.42 Å². The third-order valence-corrected chi connectivity index (χ3v) is 12.0. The number of hydrogen-bond acceptors (Lipinski definition) is 4. The molecule has 0 amide bonds. The highest BCUT2D eigenvalue weighted by molar-refractivity contribution is 6.01. The molecule has 4 heteroatoms. The van der Waals surface area contributed by atoms with Gasteiger partial charge >= 0.3 is 0 Å². The summed E-state index contributed by atoms with van der Waals surface area (Å²) in [5.74, 6) is 3.09. The summed E-state index contributed by atoms with van der Waals surface area (Å²) in [5, 5.41) is 8.04. The van der Waals surface area contributed by atoms with E-state index in [4.69, 9.17) is 19.4 Å². The van der Waals surface area contributed by atoms with Crippen LogP contribution in [-0.2, 0) is 0 Å². The Labute approximate surface area is 341 Å². The van der Waals surface area contributed by atoms with Crippen LogP contribution in [0.5, 0.6) is 0 Å². The number of nitrogens with zero attached hydrogens (tertiary/aromatic N) is 3. The minimum atomic E-state index is 0.169. The molecule has 10 aromatic rings. The summed E-state index contributed by atoms with van der Waals surface area (Å²) in [6.07, 6.45) is 13.2. The summed E-state index contributed by atoms with van der Waals surface area (Å²) < 4.78 is 6.90. The molecule has 4 nitrogen and oxygen atoms in total. The predicted octanol–water partition coefficient (Wildman–Crippen LogP) is 14.3. The van der Waals surface area contributed by atoms with Crippen molar-refractivity contribution in [2.24, 2.45) is 5.92 Å². The molecule has 8 aromatic carbocycles. The Morgan fingerprint density at radius 3 is 1.59 bits per heavy atom. The largest absolute Gasteiger partial charge is 0.456 e. The zero-order chi connectivity index (χ0) is 38.9. The third-order valence-electron chi connectivity index (χ3n) is 12.0. The molecule has 12 rings (SSSR count). The normalized spacial score (nSPS) is 15.6. The topological polar surface area (TPSA) is 51.8 Å². The Hall–Kier alpha value is -7.69. The second kappa shape index (κ2) is 13.5. The summed E-state index contributed by atoms with van der Waals surface area (Å²) in [7, 11) is 0. The van der Waals surface area contributed by atoms with E-state index in [1.165, 1.54) is 32.8 Å². The molecule has 2 heterocycles. The molecular weight excluding hydrogens is 719 g/mol. The smallest absolute Gasteiger partial charge is 0.167 e. The van der Waals surface area contributed by atoms with Crippen LogP contribution in [0.25, 0.3) is 106 Å². The van der Waals surface area contributed by atoms with Crippen LogP contribution in [0.15, 0.2) is 199 Å². The highest BCUT2D eigenvalue weighted by Gasteiger charge is 2.31. The lowest BCUT2D eigenvalue weighted by atomic mass is 9.78. The minimum Gasteiger partial charge on any atom is -0.456 e. The van der Waals surface area contributed by atoms with Crippen LogP contribution in [0.4, 0.5) is 0 Å². The summed E-state index contributed by atoms with van der Waals surface area (Å²) in [5.41, 5.74) is 9.23. The number of furan rings is 1. The Bertz CT molecular complexity index is 3410. The first-order valence-corrected chi connectivity index (χ1v) is 20.2. The molecule has 0 fully saturated rings. The summed E-state index contributed by atoms with van der Waals surface area (Å²) in [4.78, 5) is 15.9. The molecule has 0 N–H and O–H groups in total.